The summed E-state index contributed by atoms with van der Waals surface area (Å²) < 4.78 is 13.5. The molecule has 33 heavy (non-hydrogen) atoms. The fraction of sp³-hybridized carbons (Fsp3) is 0.385. The van der Waals surface area contributed by atoms with Gasteiger partial charge in [0.1, 0.15) is 18.1 Å². The summed E-state index contributed by atoms with van der Waals surface area (Å²) in [6, 6.07) is 3.93. The Hall–Kier alpha value is -3.32. The molecule has 0 saturated carbocycles. The average Bonchev–Trinajstić information content (AvgIpc) is 3.40. The van der Waals surface area contributed by atoms with Crippen molar-refractivity contribution in [3.05, 3.63) is 52.8 Å². The van der Waals surface area contributed by atoms with E-state index in [0.29, 0.717) is 31.0 Å². The minimum atomic E-state index is -0.489. The van der Waals surface area contributed by atoms with Crippen molar-refractivity contribution in [2.24, 2.45) is 0 Å². The second-order valence-corrected chi connectivity index (χ2v) is 8.60. The maximum absolute atomic E-state index is 13.4. The molecule has 2 aliphatic rings. The number of aromatic nitrogens is 2. The Bertz CT molecular complexity index is 1170. The third-order valence-electron chi connectivity index (χ3n) is 5.92. The molecule has 1 unspecified atom stereocenters. The van der Waals surface area contributed by atoms with Gasteiger partial charge in [-0.1, -0.05) is 23.8 Å². The lowest BCUT2D eigenvalue weighted by Gasteiger charge is -2.22. The zero-order valence-electron chi connectivity index (χ0n) is 19.9. The van der Waals surface area contributed by atoms with Crippen LogP contribution >= 0.6 is 0 Å². The van der Waals surface area contributed by atoms with Gasteiger partial charge in [-0.25, -0.2) is 4.68 Å². The van der Waals surface area contributed by atoms with Crippen molar-refractivity contribution in [2.45, 2.75) is 46.8 Å². The highest BCUT2D eigenvalue weighted by Gasteiger charge is 2.34. The van der Waals surface area contributed by atoms with Crippen LogP contribution in [0.3, 0.4) is 0 Å². The molecular formula is C26H31N3O4. The topological polar surface area (TPSA) is 76.8 Å². The van der Waals surface area contributed by atoms with Gasteiger partial charge in [-0.3, -0.25) is 4.79 Å². The van der Waals surface area contributed by atoms with Crippen LogP contribution in [0.4, 0.5) is 0 Å². The molecule has 0 radical (unpaired) electrons. The summed E-state index contributed by atoms with van der Waals surface area (Å²) in [7, 11) is 1.65. The van der Waals surface area contributed by atoms with E-state index in [2.05, 4.69) is 6.08 Å². The van der Waals surface area contributed by atoms with Gasteiger partial charge in [0.15, 0.2) is 5.69 Å². The maximum atomic E-state index is 13.4. The summed E-state index contributed by atoms with van der Waals surface area (Å²) in [5, 5.41) is 14.7. The summed E-state index contributed by atoms with van der Waals surface area (Å²) >= 11 is 0. The van der Waals surface area contributed by atoms with Crippen LogP contribution in [-0.2, 0) is 6.61 Å². The number of carbonyl (C=O) groups excluding carboxylic acids is 1. The molecule has 1 fully saturated rings. The van der Waals surface area contributed by atoms with Crippen molar-refractivity contribution in [1.29, 1.82) is 0 Å². The predicted molar refractivity (Wildman–Crippen MR) is 129 cm³/mol. The second kappa shape index (κ2) is 9.27. The first-order valence-corrected chi connectivity index (χ1v) is 11.3. The largest absolute Gasteiger partial charge is 0.496 e. The number of allylic oxidation sites excluding steroid dienone is 5. The molecular weight excluding hydrogens is 418 g/mol. The van der Waals surface area contributed by atoms with E-state index in [9.17, 15) is 9.90 Å². The van der Waals surface area contributed by atoms with E-state index in [1.807, 2.05) is 62.7 Å². The van der Waals surface area contributed by atoms with Crippen molar-refractivity contribution in [3.63, 3.8) is 0 Å². The minimum Gasteiger partial charge on any atom is -0.496 e. The molecule has 2 aromatic rings. The number of likely N-dealkylation sites (tertiary alicyclic amines) is 1. The first-order valence-electron chi connectivity index (χ1n) is 11.3. The first-order chi connectivity index (χ1) is 15.9. The van der Waals surface area contributed by atoms with E-state index in [1.54, 1.807) is 12.0 Å². The number of benzene rings is 1. The molecule has 1 saturated heterocycles. The van der Waals surface area contributed by atoms with Crippen molar-refractivity contribution in [1.82, 2.24) is 14.7 Å². The fourth-order valence-electron chi connectivity index (χ4n) is 4.39. The number of aliphatic hydroxyl groups excluding tert-OH is 1. The molecule has 1 amide bonds. The predicted octanol–water partition coefficient (Wildman–Crippen LogP) is 4.52. The standard InChI is InChI=1S/C26H31N3O4/c1-6-8-18(7-2)29-25-20-12-17(11-16(3)4)22(32-5)13-23(20)33-15-21(25)24(27-29)26(31)28-10-9-19(30)14-28/h6-8,11-13,19,30H,9-10,14-15H2,1-5H3/b8-6-,18-7+. The highest BCUT2D eigenvalue weighted by Crippen LogP contribution is 2.44. The molecule has 1 atom stereocenters. The van der Waals surface area contributed by atoms with Crippen molar-refractivity contribution >= 4 is 17.7 Å². The highest BCUT2D eigenvalue weighted by molar-refractivity contribution is 5.97. The normalized spacial score (nSPS) is 17.6. The Morgan fingerprint density at radius 2 is 2.09 bits per heavy atom. The van der Waals surface area contributed by atoms with Crippen LogP contribution in [0.5, 0.6) is 11.5 Å². The molecule has 0 aliphatic carbocycles. The highest BCUT2D eigenvalue weighted by atomic mass is 16.5. The second-order valence-electron chi connectivity index (χ2n) is 8.60. The van der Waals surface area contributed by atoms with Crippen LogP contribution in [0.25, 0.3) is 23.0 Å². The summed E-state index contributed by atoms with van der Waals surface area (Å²) in [6.45, 7) is 9.05. The van der Waals surface area contributed by atoms with E-state index >= 15 is 0 Å². The lowest BCUT2D eigenvalue weighted by molar-refractivity contribution is 0.0756. The quantitative estimate of drug-likeness (QED) is 0.680. The van der Waals surface area contributed by atoms with Crippen molar-refractivity contribution in [2.75, 3.05) is 20.2 Å². The van der Waals surface area contributed by atoms with Crippen molar-refractivity contribution < 1.29 is 19.4 Å². The number of rotatable bonds is 5. The van der Waals surface area contributed by atoms with E-state index in [0.717, 1.165) is 39.4 Å². The summed E-state index contributed by atoms with van der Waals surface area (Å²) in [6.07, 6.45) is 8.04. The summed E-state index contributed by atoms with van der Waals surface area (Å²) in [5.41, 5.74) is 5.77. The number of methoxy groups -OCH3 is 1. The maximum Gasteiger partial charge on any atom is 0.274 e. The molecule has 2 aliphatic heterocycles. The fourth-order valence-corrected chi connectivity index (χ4v) is 4.39. The van der Waals surface area contributed by atoms with E-state index in [4.69, 9.17) is 14.6 Å². The number of hydrogen-bond acceptors (Lipinski definition) is 5. The van der Waals surface area contributed by atoms with Crippen LogP contribution in [0.2, 0.25) is 0 Å². The van der Waals surface area contributed by atoms with Crippen LogP contribution in [0.15, 0.2) is 35.9 Å². The van der Waals surface area contributed by atoms with Gasteiger partial charge in [0.2, 0.25) is 0 Å². The number of nitrogens with zero attached hydrogens (tertiary/aromatic N) is 3. The number of carbonyl (C=O) groups is 1. The minimum absolute atomic E-state index is 0.178. The van der Waals surface area contributed by atoms with E-state index in [1.165, 1.54) is 0 Å². The van der Waals surface area contributed by atoms with Crippen LogP contribution in [-0.4, -0.2) is 52.0 Å². The van der Waals surface area contributed by atoms with Gasteiger partial charge in [-0.2, -0.15) is 5.10 Å². The number of hydrogen-bond donors (Lipinski definition) is 1. The Kier molecular flexibility index (Phi) is 6.42. The first kappa shape index (κ1) is 22.9. The smallest absolute Gasteiger partial charge is 0.274 e. The third kappa shape index (κ3) is 4.20. The van der Waals surface area contributed by atoms with Gasteiger partial charge in [-0.15, -0.1) is 0 Å². The van der Waals surface area contributed by atoms with E-state index < -0.39 is 6.10 Å². The zero-order valence-corrected chi connectivity index (χ0v) is 19.9. The zero-order chi connectivity index (χ0) is 23.7. The molecule has 1 aromatic carbocycles. The Morgan fingerprint density at radius 1 is 1.30 bits per heavy atom. The summed E-state index contributed by atoms with van der Waals surface area (Å²) in [4.78, 5) is 15.1. The molecule has 1 N–H and O–H groups in total. The Balaban J connectivity index is 1.94. The SMILES string of the molecule is C/C=C\C(=C/C)n1nc(C(=O)N2CCC(O)C2)c2c1-c1cc(C=C(C)C)c(OC)cc1OC2. The van der Waals surface area contributed by atoms with Gasteiger partial charge in [-0.05, 0) is 46.3 Å². The number of β-amino-alcohol motifs (C(OH)–C–C–N with tert-alkyl or cyclic N) is 1. The van der Waals surface area contributed by atoms with Gasteiger partial charge in [0.05, 0.1) is 24.6 Å². The molecule has 0 spiro atoms. The third-order valence-corrected chi connectivity index (χ3v) is 5.92. The summed E-state index contributed by atoms with van der Waals surface area (Å²) in [5.74, 6) is 1.24. The molecule has 0 bridgehead atoms. The number of aliphatic hydroxyl groups is 1. The molecule has 4 rings (SSSR count). The number of ether oxygens (including phenoxy) is 2. The van der Waals surface area contributed by atoms with Crippen molar-refractivity contribution in [3.8, 4) is 22.8 Å². The monoisotopic (exact) mass is 449 g/mol. The Labute approximate surface area is 194 Å². The molecule has 7 heteroatoms. The van der Waals surface area contributed by atoms with Gasteiger partial charge < -0.3 is 19.5 Å². The lowest BCUT2D eigenvalue weighted by atomic mass is 9.98. The molecule has 3 heterocycles. The van der Waals surface area contributed by atoms with E-state index in [-0.39, 0.29) is 12.5 Å². The molecule has 1 aromatic heterocycles. The Morgan fingerprint density at radius 3 is 2.70 bits per heavy atom. The van der Waals surface area contributed by atoms with Crippen LogP contribution in [0.1, 0.15) is 55.7 Å². The van der Waals surface area contributed by atoms with Gasteiger partial charge in [0, 0.05) is 35.8 Å². The lowest BCUT2D eigenvalue weighted by Crippen LogP contribution is -2.31. The molecule has 7 nitrogen and oxygen atoms in total. The molecule has 174 valence electrons. The average molecular weight is 450 g/mol. The van der Waals surface area contributed by atoms with Crippen LogP contribution < -0.4 is 9.47 Å². The van der Waals surface area contributed by atoms with Crippen LogP contribution in [0, 0.1) is 0 Å². The number of amides is 1. The number of fused-ring (bicyclic) bond motifs is 3. The van der Waals surface area contributed by atoms with Gasteiger partial charge in [0.25, 0.3) is 5.91 Å². The van der Waals surface area contributed by atoms with Gasteiger partial charge >= 0.3 is 0 Å².